The van der Waals surface area contributed by atoms with E-state index >= 15 is 0 Å². The second kappa shape index (κ2) is 4.31. The van der Waals surface area contributed by atoms with Crippen molar-refractivity contribution in [3.05, 3.63) is 18.0 Å². The van der Waals surface area contributed by atoms with Crippen molar-refractivity contribution in [2.24, 2.45) is 13.0 Å². The standard InChI is InChI=1S/C13H20N4O/c1-16-7-10(14)6-12(16)13(18)15-11-8-17-4-2-9(11)3-5-17/h6-7,9,11H,2-5,8,14H2,1H3,(H,15,18). The second-order valence-corrected chi connectivity index (χ2v) is 5.49. The van der Waals surface area contributed by atoms with Gasteiger partial charge in [-0.2, -0.15) is 0 Å². The average molecular weight is 248 g/mol. The fraction of sp³-hybridized carbons (Fsp3) is 0.615. The van der Waals surface area contributed by atoms with Crippen LogP contribution >= 0.6 is 0 Å². The topological polar surface area (TPSA) is 63.3 Å². The third-order valence-electron chi connectivity index (χ3n) is 4.23. The summed E-state index contributed by atoms with van der Waals surface area (Å²) in [7, 11) is 1.85. The van der Waals surface area contributed by atoms with Gasteiger partial charge in [-0.1, -0.05) is 0 Å². The fourth-order valence-electron chi connectivity index (χ4n) is 3.19. The van der Waals surface area contributed by atoms with E-state index in [4.69, 9.17) is 5.73 Å². The van der Waals surface area contributed by atoms with Gasteiger partial charge in [-0.15, -0.1) is 0 Å². The van der Waals surface area contributed by atoms with Crippen molar-refractivity contribution < 1.29 is 4.79 Å². The average Bonchev–Trinajstić information content (AvgIpc) is 2.70. The van der Waals surface area contributed by atoms with Gasteiger partial charge in [-0.3, -0.25) is 4.79 Å². The fourth-order valence-corrected chi connectivity index (χ4v) is 3.19. The number of carbonyl (C=O) groups excluding carboxylic acids is 1. The summed E-state index contributed by atoms with van der Waals surface area (Å²) < 4.78 is 1.78. The maximum atomic E-state index is 12.2. The van der Waals surface area contributed by atoms with Crippen molar-refractivity contribution in [3.8, 4) is 0 Å². The molecule has 0 spiro atoms. The van der Waals surface area contributed by atoms with Crippen molar-refractivity contribution in [1.82, 2.24) is 14.8 Å². The van der Waals surface area contributed by atoms with E-state index in [9.17, 15) is 4.79 Å². The molecule has 3 saturated heterocycles. The number of aromatic nitrogens is 1. The maximum absolute atomic E-state index is 12.2. The van der Waals surface area contributed by atoms with Crippen LogP contribution in [0, 0.1) is 5.92 Å². The number of nitrogen functional groups attached to an aromatic ring is 1. The Balaban J connectivity index is 1.69. The van der Waals surface area contributed by atoms with Crippen molar-refractivity contribution in [1.29, 1.82) is 0 Å². The molecule has 3 aliphatic heterocycles. The SMILES string of the molecule is Cn1cc(N)cc1C(=O)NC1CN2CCC1CC2. The normalized spacial score (nSPS) is 30.4. The molecule has 0 radical (unpaired) electrons. The van der Waals surface area contributed by atoms with E-state index in [2.05, 4.69) is 10.2 Å². The van der Waals surface area contributed by atoms with E-state index in [0.29, 0.717) is 23.3 Å². The largest absolute Gasteiger partial charge is 0.397 e. The molecular formula is C13H20N4O. The molecule has 2 bridgehead atoms. The second-order valence-electron chi connectivity index (χ2n) is 5.49. The van der Waals surface area contributed by atoms with Crippen LogP contribution in [-0.2, 0) is 7.05 Å². The molecule has 0 aliphatic carbocycles. The lowest BCUT2D eigenvalue weighted by molar-refractivity contribution is 0.0616. The van der Waals surface area contributed by atoms with E-state index in [0.717, 1.165) is 6.54 Å². The predicted molar refractivity (Wildman–Crippen MR) is 70.2 cm³/mol. The summed E-state index contributed by atoms with van der Waals surface area (Å²) in [5.41, 5.74) is 6.98. The Hall–Kier alpha value is -1.49. The van der Waals surface area contributed by atoms with Gasteiger partial charge in [-0.25, -0.2) is 0 Å². The number of carbonyl (C=O) groups is 1. The number of anilines is 1. The minimum Gasteiger partial charge on any atom is -0.397 e. The summed E-state index contributed by atoms with van der Waals surface area (Å²) in [5.74, 6) is 0.643. The Kier molecular flexibility index (Phi) is 2.78. The molecule has 3 aliphatic rings. The van der Waals surface area contributed by atoms with Gasteiger partial charge in [0.2, 0.25) is 0 Å². The minimum absolute atomic E-state index is 0.00653. The lowest BCUT2D eigenvalue weighted by Crippen LogP contribution is -2.57. The number of fused-ring (bicyclic) bond motifs is 3. The molecule has 1 aromatic rings. The Morgan fingerprint density at radius 2 is 2.17 bits per heavy atom. The van der Waals surface area contributed by atoms with Crippen molar-refractivity contribution in [2.75, 3.05) is 25.4 Å². The zero-order valence-corrected chi connectivity index (χ0v) is 10.7. The summed E-state index contributed by atoms with van der Waals surface area (Å²) in [6.07, 6.45) is 4.19. The van der Waals surface area contributed by atoms with Gasteiger partial charge in [0, 0.05) is 25.8 Å². The zero-order chi connectivity index (χ0) is 12.7. The molecule has 5 heteroatoms. The Labute approximate surface area is 107 Å². The third kappa shape index (κ3) is 1.99. The van der Waals surface area contributed by atoms with E-state index in [-0.39, 0.29) is 5.91 Å². The summed E-state index contributed by atoms with van der Waals surface area (Å²) in [6.45, 7) is 3.37. The molecule has 4 rings (SSSR count). The first kappa shape index (κ1) is 11.6. The van der Waals surface area contributed by atoms with Crippen LogP contribution < -0.4 is 11.1 Å². The van der Waals surface area contributed by atoms with Crippen LogP contribution in [0.15, 0.2) is 12.3 Å². The molecule has 1 unspecified atom stereocenters. The van der Waals surface area contributed by atoms with Crippen molar-refractivity contribution in [2.45, 2.75) is 18.9 Å². The van der Waals surface area contributed by atoms with Crippen LogP contribution in [0.3, 0.4) is 0 Å². The van der Waals surface area contributed by atoms with Gasteiger partial charge in [0.15, 0.2) is 0 Å². The van der Waals surface area contributed by atoms with Crippen LogP contribution in [0.1, 0.15) is 23.3 Å². The van der Waals surface area contributed by atoms with E-state index in [1.165, 1.54) is 25.9 Å². The molecule has 0 aromatic carbocycles. The highest BCUT2D eigenvalue weighted by atomic mass is 16.2. The zero-order valence-electron chi connectivity index (χ0n) is 10.7. The lowest BCUT2D eigenvalue weighted by Gasteiger charge is -2.44. The lowest BCUT2D eigenvalue weighted by atomic mass is 9.84. The summed E-state index contributed by atoms with van der Waals surface area (Å²) in [5, 5.41) is 3.16. The number of nitrogens with one attached hydrogen (secondary N) is 1. The van der Waals surface area contributed by atoms with Gasteiger partial charge in [0.1, 0.15) is 5.69 Å². The number of rotatable bonds is 2. The quantitative estimate of drug-likeness (QED) is 0.798. The number of nitrogens with zero attached hydrogens (tertiary/aromatic N) is 2. The van der Waals surface area contributed by atoms with Crippen molar-refractivity contribution in [3.63, 3.8) is 0 Å². The molecule has 1 amide bonds. The number of nitrogens with two attached hydrogens (primary N) is 1. The first-order chi connectivity index (χ1) is 8.63. The van der Waals surface area contributed by atoms with Crippen LogP contribution in [0.2, 0.25) is 0 Å². The number of amides is 1. The van der Waals surface area contributed by atoms with Crippen LogP contribution in [0.25, 0.3) is 0 Å². The molecule has 98 valence electrons. The van der Waals surface area contributed by atoms with Gasteiger partial charge in [-0.05, 0) is 37.9 Å². The van der Waals surface area contributed by atoms with Crippen molar-refractivity contribution >= 4 is 11.6 Å². The maximum Gasteiger partial charge on any atom is 0.268 e. The molecule has 4 heterocycles. The van der Waals surface area contributed by atoms with Crippen LogP contribution in [-0.4, -0.2) is 41.1 Å². The van der Waals surface area contributed by atoms with Gasteiger partial charge in [0.05, 0.1) is 5.69 Å². The summed E-state index contributed by atoms with van der Waals surface area (Å²) in [6, 6.07) is 2.03. The Bertz CT molecular complexity index is 460. The molecule has 1 atom stereocenters. The highest BCUT2D eigenvalue weighted by Crippen LogP contribution is 2.27. The molecule has 1 aromatic heterocycles. The molecule has 0 saturated carbocycles. The summed E-state index contributed by atoms with van der Waals surface area (Å²) >= 11 is 0. The van der Waals surface area contributed by atoms with Crippen LogP contribution in [0.5, 0.6) is 0 Å². The van der Waals surface area contributed by atoms with Gasteiger partial charge < -0.3 is 20.5 Å². The smallest absolute Gasteiger partial charge is 0.268 e. The highest BCUT2D eigenvalue weighted by molar-refractivity contribution is 5.94. The molecule has 5 nitrogen and oxygen atoms in total. The van der Waals surface area contributed by atoms with E-state index in [1.54, 1.807) is 16.8 Å². The number of aryl methyl sites for hydroxylation is 1. The number of piperidine rings is 3. The Morgan fingerprint density at radius 3 is 2.67 bits per heavy atom. The van der Waals surface area contributed by atoms with E-state index in [1.807, 2.05) is 7.05 Å². The molecule has 18 heavy (non-hydrogen) atoms. The van der Waals surface area contributed by atoms with Gasteiger partial charge in [0.25, 0.3) is 5.91 Å². The van der Waals surface area contributed by atoms with Gasteiger partial charge >= 0.3 is 0 Å². The van der Waals surface area contributed by atoms with Crippen LogP contribution in [0.4, 0.5) is 5.69 Å². The monoisotopic (exact) mass is 248 g/mol. The molecular weight excluding hydrogens is 228 g/mol. The Morgan fingerprint density at radius 1 is 1.44 bits per heavy atom. The van der Waals surface area contributed by atoms with E-state index < -0.39 is 0 Å². The number of hydrogen-bond acceptors (Lipinski definition) is 3. The molecule has 3 N–H and O–H groups in total. The first-order valence-electron chi connectivity index (χ1n) is 6.58. The first-order valence-corrected chi connectivity index (χ1v) is 6.58. The third-order valence-corrected chi connectivity index (χ3v) is 4.23. The predicted octanol–water partition coefficient (Wildman–Crippen LogP) is 0.431. The minimum atomic E-state index is -0.00653. The summed E-state index contributed by atoms with van der Waals surface area (Å²) in [4.78, 5) is 14.7. The molecule has 3 fully saturated rings. The number of hydrogen-bond donors (Lipinski definition) is 2. The highest BCUT2D eigenvalue weighted by Gasteiger charge is 2.35.